The number of nitrogens with one attached hydrogen (secondary N) is 1. The van der Waals surface area contributed by atoms with Crippen LogP contribution in [0.1, 0.15) is 11.1 Å². The van der Waals surface area contributed by atoms with E-state index in [1.807, 2.05) is 66.6 Å². The molecule has 4 heteroatoms. The lowest BCUT2D eigenvalue weighted by atomic mass is 10.0. The number of nitrogens with zero attached hydrogens (tertiary/aromatic N) is 2. The molecule has 0 fully saturated rings. The van der Waals surface area contributed by atoms with Gasteiger partial charge in [0.2, 0.25) is 0 Å². The minimum atomic E-state index is 0.616. The highest BCUT2D eigenvalue weighted by atomic mass is 16.5. The van der Waals surface area contributed by atoms with Gasteiger partial charge in [-0.3, -0.25) is 0 Å². The van der Waals surface area contributed by atoms with E-state index in [0.717, 1.165) is 27.8 Å². The lowest BCUT2D eigenvalue weighted by Crippen LogP contribution is -2.26. The summed E-state index contributed by atoms with van der Waals surface area (Å²) in [5.74, 6) is 0.775. The normalized spacial score (nSPS) is 11.4. The Kier molecular flexibility index (Phi) is 3.63. The van der Waals surface area contributed by atoms with Gasteiger partial charge in [0.1, 0.15) is 12.8 Å². The van der Waals surface area contributed by atoms with E-state index in [1.165, 1.54) is 0 Å². The second kappa shape index (κ2) is 5.74. The molecule has 0 saturated carbocycles. The van der Waals surface area contributed by atoms with Gasteiger partial charge in [-0.05, 0) is 30.3 Å². The highest BCUT2D eigenvalue weighted by Gasteiger charge is 2.10. The summed E-state index contributed by atoms with van der Waals surface area (Å²) in [7, 11) is 3.60. The van der Waals surface area contributed by atoms with Crippen molar-refractivity contribution < 1.29 is 9.30 Å². The molecule has 1 aromatic carbocycles. The first kappa shape index (κ1) is 13.9. The molecule has 3 aromatic rings. The molecule has 2 aromatic heterocycles. The fourth-order valence-electron chi connectivity index (χ4n) is 2.48. The smallest absolute Gasteiger partial charge is 0.175 e. The minimum absolute atomic E-state index is 0.616. The molecule has 0 amide bonds. The number of pyridine rings is 1. The van der Waals surface area contributed by atoms with Crippen molar-refractivity contribution in [1.82, 2.24) is 4.98 Å². The van der Waals surface area contributed by atoms with Crippen LogP contribution in [0.4, 0.5) is 0 Å². The average Bonchev–Trinajstić information content (AvgIpc) is 2.95. The van der Waals surface area contributed by atoms with E-state index in [2.05, 4.69) is 11.1 Å². The van der Waals surface area contributed by atoms with Gasteiger partial charge in [-0.15, -0.1) is 0 Å². The zero-order chi connectivity index (χ0) is 15.5. The van der Waals surface area contributed by atoms with E-state index in [1.54, 1.807) is 7.11 Å². The zero-order valence-electron chi connectivity index (χ0n) is 12.5. The van der Waals surface area contributed by atoms with E-state index in [-0.39, 0.29) is 0 Å². The zero-order valence-corrected chi connectivity index (χ0v) is 12.5. The Morgan fingerprint density at radius 1 is 1.36 bits per heavy atom. The molecule has 0 atom stereocenters. The number of aryl methyl sites for hydroxylation is 1. The molecule has 108 valence electrons. The van der Waals surface area contributed by atoms with Gasteiger partial charge in [-0.1, -0.05) is 0 Å². The van der Waals surface area contributed by atoms with Crippen molar-refractivity contribution in [3.63, 3.8) is 0 Å². The van der Waals surface area contributed by atoms with E-state index in [9.17, 15) is 5.26 Å². The molecule has 3 rings (SSSR count). The Hall–Kier alpha value is -3.06. The molecule has 4 nitrogen and oxygen atoms in total. The fourth-order valence-corrected chi connectivity index (χ4v) is 2.48. The molecular formula is C18H16N3O+. The van der Waals surface area contributed by atoms with Gasteiger partial charge in [0.05, 0.1) is 18.8 Å². The number of benzene rings is 1. The summed E-state index contributed by atoms with van der Waals surface area (Å²) in [6.45, 7) is 0. The Morgan fingerprint density at radius 3 is 2.95 bits per heavy atom. The van der Waals surface area contributed by atoms with Gasteiger partial charge < -0.3 is 9.72 Å². The van der Waals surface area contributed by atoms with Crippen LogP contribution in [0, 0.1) is 11.3 Å². The van der Waals surface area contributed by atoms with Crippen LogP contribution >= 0.6 is 0 Å². The van der Waals surface area contributed by atoms with Crippen LogP contribution in [-0.4, -0.2) is 12.1 Å². The first-order chi connectivity index (χ1) is 10.7. The van der Waals surface area contributed by atoms with Crippen LogP contribution < -0.4 is 9.30 Å². The molecule has 0 saturated heterocycles. The van der Waals surface area contributed by atoms with Crippen molar-refractivity contribution >= 4 is 22.6 Å². The number of aromatic amines is 1. The lowest BCUT2D eigenvalue weighted by Gasteiger charge is -2.01. The first-order valence-electron chi connectivity index (χ1n) is 6.94. The molecule has 0 unspecified atom stereocenters. The monoisotopic (exact) mass is 290 g/mol. The van der Waals surface area contributed by atoms with Crippen molar-refractivity contribution in [3.05, 3.63) is 60.0 Å². The molecule has 0 aliphatic heterocycles. The standard InChI is InChI=1S/C18H16N3O/c1-21-7-3-4-13(12-21)8-14(10-19)17-11-20-18-6-5-15(22-2)9-16(17)18/h3-9,11-12,20H,1-2H3/q+1/b14-8-. The molecule has 2 heterocycles. The number of fused-ring (bicyclic) bond motifs is 1. The number of rotatable bonds is 3. The van der Waals surface area contributed by atoms with Crippen LogP contribution in [0.3, 0.4) is 0 Å². The number of allylic oxidation sites excluding steroid dienone is 1. The number of ether oxygens (including phenoxy) is 1. The SMILES string of the molecule is COc1ccc2[nH]cc(/C(C#N)=C\c3ccc[n+](C)c3)c2c1. The van der Waals surface area contributed by atoms with E-state index >= 15 is 0 Å². The van der Waals surface area contributed by atoms with Crippen LogP contribution in [0.25, 0.3) is 22.6 Å². The maximum Gasteiger partial charge on any atom is 0.175 e. The molecule has 0 radical (unpaired) electrons. The van der Waals surface area contributed by atoms with E-state index in [0.29, 0.717) is 5.57 Å². The van der Waals surface area contributed by atoms with Crippen molar-refractivity contribution in [1.29, 1.82) is 5.26 Å². The van der Waals surface area contributed by atoms with Crippen molar-refractivity contribution in [2.45, 2.75) is 0 Å². The van der Waals surface area contributed by atoms with Crippen LogP contribution in [-0.2, 0) is 7.05 Å². The van der Waals surface area contributed by atoms with Crippen molar-refractivity contribution in [2.75, 3.05) is 7.11 Å². The Balaban J connectivity index is 2.13. The summed E-state index contributed by atoms with van der Waals surface area (Å²) >= 11 is 0. The molecule has 0 spiro atoms. The van der Waals surface area contributed by atoms with Gasteiger partial charge in [0.25, 0.3) is 0 Å². The third-order valence-corrected chi connectivity index (χ3v) is 3.57. The molecule has 22 heavy (non-hydrogen) atoms. The van der Waals surface area contributed by atoms with Gasteiger partial charge in [-0.25, -0.2) is 4.57 Å². The molecule has 0 aliphatic rings. The maximum absolute atomic E-state index is 9.54. The summed E-state index contributed by atoms with van der Waals surface area (Å²) in [5.41, 5.74) is 3.46. The topological polar surface area (TPSA) is 52.7 Å². The summed E-state index contributed by atoms with van der Waals surface area (Å²) in [6, 6.07) is 12.0. The summed E-state index contributed by atoms with van der Waals surface area (Å²) in [4.78, 5) is 3.20. The number of H-pyrrole nitrogens is 1. The third kappa shape index (κ3) is 2.57. The number of methoxy groups -OCH3 is 1. The molecule has 0 bridgehead atoms. The van der Waals surface area contributed by atoms with Gasteiger partial charge in [-0.2, -0.15) is 5.26 Å². The maximum atomic E-state index is 9.54. The predicted molar refractivity (Wildman–Crippen MR) is 86.0 cm³/mol. The summed E-state index contributed by atoms with van der Waals surface area (Å²) in [6.07, 6.45) is 7.69. The summed E-state index contributed by atoms with van der Waals surface area (Å²) in [5, 5.41) is 10.5. The largest absolute Gasteiger partial charge is 0.497 e. The second-order valence-corrected chi connectivity index (χ2v) is 5.09. The minimum Gasteiger partial charge on any atom is -0.497 e. The molecular weight excluding hydrogens is 274 g/mol. The number of aromatic nitrogens is 2. The highest BCUT2D eigenvalue weighted by Crippen LogP contribution is 2.29. The lowest BCUT2D eigenvalue weighted by molar-refractivity contribution is -0.671. The first-order valence-corrected chi connectivity index (χ1v) is 6.94. The average molecular weight is 290 g/mol. The van der Waals surface area contributed by atoms with E-state index in [4.69, 9.17) is 4.74 Å². The molecule has 0 aliphatic carbocycles. The van der Waals surface area contributed by atoms with Crippen LogP contribution in [0.2, 0.25) is 0 Å². The van der Waals surface area contributed by atoms with Crippen molar-refractivity contribution in [3.8, 4) is 11.8 Å². The van der Waals surface area contributed by atoms with Gasteiger partial charge in [0, 0.05) is 34.3 Å². The van der Waals surface area contributed by atoms with E-state index < -0.39 is 0 Å². The number of hydrogen-bond donors (Lipinski definition) is 1. The molecule has 1 N–H and O–H groups in total. The Labute approximate surface area is 128 Å². The Bertz CT molecular complexity index is 900. The Morgan fingerprint density at radius 2 is 2.23 bits per heavy atom. The second-order valence-electron chi connectivity index (χ2n) is 5.09. The predicted octanol–water partition coefficient (Wildman–Crippen LogP) is 3.07. The van der Waals surface area contributed by atoms with Gasteiger partial charge in [0.15, 0.2) is 12.4 Å². The summed E-state index contributed by atoms with van der Waals surface area (Å²) < 4.78 is 7.23. The quantitative estimate of drug-likeness (QED) is 0.595. The van der Waals surface area contributed by atoms with Gasteiger partial charge >= 0.3 is 0 Å². The highest BCUT2D eigenvalue weighted by molar-refractivity contribution is 6.01. The fraction of sp³-hybridized carbons (Fsp3) is 0.111. The van der Waals surface area contributed by atoms with Crippen LogP contribution in [0.15, 0.2) is 48.9 Å². The number of hydrogen-bond acceptors (Lipinski definition) is 2. The van der Waals surface area contributed by atoms with Crippen molar-refractivity contribution in [2.24, 2.45) is 7.05 Å². The number of nitriles is 1. The third-order valence-electron chi connectivity index (χ3n) is 3.57. The van der Waals surface area contributed by atoms with Crippen LogP contribution in [0.5, 0.6) is 5.75 Å².